The van der Waals surface area contributed by atoms with E-state index >= 15 is 0 Å². The van der Waals surface area contributed by atoms with E-state index < -0.39 is 0 Å². The molecule has 6 heteroatoms. The summed E-state index contributed by atoms with van der Waals surface area (Å²) in [4.78, 5) is 17.3. The van der Waals surface area contributed by atoms with Crippen molar-refractivity contribution in [3.05, 3.63) is 82.5 Å². The van der Waals surface area contributed by atoms with Gasteiger partial charge in [0.25, 0.3) is 0 Å². The predicted molar refractivity (Wildman–Crippen MR) is 127 cm³/mol. The average molecular weight is 451 g/mol. The van der Waals surface area contributed by atoms with Crippen molar-refractivity contribution in [3.8, 4) is 11.1 Å². The molecule has 1 fully saturated rings. The first kappa shape index (κ1) is 22.5. The summed E-state index contributed by atoms with van der Waals surface area (Å²) < 4.78 is 5.46. The number of halogens is 1. The number of hydrogen-bond donors (Lipinski definition) is 2. The van der Waals surface area contributed by atoms with Crippen molar-refractivity contribution in [2.24, 2.45) is 0 Å². The lowest BCUT2D eigenvalue weighted by atomic mass is 9.90. The summed E-state index contributed by atoms with van der Waals surface area (Å²) in [6.07, 6.45) is 3.96. The molecule has 3 aromatic rings. The molecule has 1 aliphatic heterocycles. The van der Waals surface area contributed by atoms with E-state index in [2.05, 4.69) is 11.1 Å². The summed E-state index contributed by atoms with van der Waals surface area (Å²) in [5.41, 5.74) is 10.3. The number of Topliss-reactive ketones (excluding diaryl/α,β-unsaturated/α-hetero) is 1. The third-order valence-electron chi connectivity index (χ3n) is 6.14. The normalized spacial score (nSPS) is 15.4. The number of aromatic nitrogens is 1. The topological polar surface area (TPSA) is 85.4 Å². The molecule has 0 saturated carbocycles. The van der Waals surface area contributed by atoms with Crippen molar-refractivity contribution in [1.82, 2.24) is 4.98 Å². The number of ketones is 1. The molecule has 166 valence electrons. The molecule has 5 nitrogen and oxygen atoms in total. The number of ether oxygens (including phenoxy) is 1. The fourth-order valence-corrected chi connectivity index (χ4v) is 4.51. The van der Waals surface area contributed by atoms with Crippen LogP contribution in [-0.4, -0.2) is 35.7 Å². The molecule has 0 amide bonds. The molecule has 0 radical (unpaired) electrons. The van der Waals surface area contributed by atoms with Gasteiger partial charge in [-0.15, -0.1) is 0 Å². The van der Waals surface area contributed by atoms with Gasteiger partial charge < -0.3 is 15.6 Å². The van der Waals surface area contributed by atoms with E-state index in [1.54, 1.807) is 12.1 Å². The lowest BCUT2D eigenvalue weighted by Crippen LogP contribution is -2.14. The number of nitrogens with two attached hydrogens (primary N) is 1. The number of pyridine rings is 1. The summed E-state index contributed by atoms with van der Waals surface area (Å²) in [5.74, 6) is 0.483. The van der Waals surface area contributed by atoms with E-state index in [1.807, 2.05) is 42.6 Å². The Labute approximate surface area is 193 Å². The van der Waals surface area contributed by atoms with Gasteiger partial charge in [0.15, 0.2) is 5.78 Å². The molecule has 32 heavy (non-hydrogen) atoms. The molecule has 1 aromatic heterocycles. The minimum Gasteiger partial charge on any atom is -0.396 e. The first-order valence-corrected chi connectivity index (χ1v) is 11.3. The Bertz CT molecular complexity index is 1080. The third kappa shape index (κ3) is 5.01. The van der Waals surface area contributed by atoms with Gasteiger partial charge in [-0.1, -0.05) is 54.1 Å². The molecule has 4 rings (SSSR count). The van der Waals surface area contributed by atoms with Gasteiger partial charge >= 0.3 is 0 Å². The zero-order chi connectivity index (χ0) is 22.5. The molecule has 2 heterocycles. The highest BCUT2D eigenvalue weighted by atomic mass is 35.5. The van der Waals surface area contributed by atoms with Crippen LogP contribution in [0.25, 0.3) is 11.1 Å². The molecule has 1 saturated heterocycles. The molecule has 0 unspecified atom stereocenters. The van der Waals surface area contributed by atoms with Gasteiger partial charge in [-0.25, -0.2) is 4.98 Å². The van der Waals surface area contributed by atoms with E-state index in [1.165, 1.54) is 0 Å². The van der Waals surface area contributed by atoms with Crippen LogP contribution < -0.4 is 5.73 Å². The van der Waals surface area contributed by atoms with Crippen LogP contribution >= 0.6 is 11.6 Å². The molecule has 1 atom stereocenters. The number of carbonyl (C=O) groups excluding carboxylic acids is 1. The smallest absolute Gasteiger partial charge is 0.163 e. The van der Waals surface area contributed by atoms with Crippen molar-refractivity contribution < 1.29 is 14.6 Å². The van der Waals surface area contributed by atoms with Crippen LogP contribution in [0.3, 0.4) is 0 Å². The van der Waals surface area contributed by atoms with Gasteiger partial charge in [0.05, 0.1) is 6.61 Å². The van der Waals surface area contributed by atoms with Gasteiger partial charge in [0.1, 0.15) is 5.82 Å². The van der Waals surface area contributed by atoms with E-state index in [0.717, 1.165) is 48.3 Å². The summed E-state index contributed by atoms with van der Waals surface area (Å²) in [6, 6.07) is 16.9. The van der Waals surface area contributed by atoms with Gasteiger partial charge in [0.2, 0.25) is 0 Å². The van der Waals surface area contributed by atoms with Crippen LogP contribution in [0.1, 0.15) is 52.6 Å². The molecular weight excluding hydrogens is 424 g/mol. The highest BCUT2D eigenvalue weighted by Gasteiger charge is 2.20. The Morgan fingerprint density at radius 3 is 2.56 bits per heavy atom. The van der Waals surface area contributed by atoms with Crippen LogP contribution in [0.15, 0.2) is 60.8 Å². The third-order valence-corrected chi connectivity index (χ3v) is 6.45. The lowest BCUT2D eigenvalue weighted by Gasteiger charge is -2.23. The Morgan fingerprint density at radius 1 is 1.12 bits per heavy atom. The highest BCUT2D eigenvalue weighted by Crippen LogP contribution is 2.36. The van der Waals surface area contributed by atoms with Gasteiger partial charge in [-0.2, -0.15) is 0 Å². The average Bonchev–Trinajstić information content (AvgIpc) is 2.84. The number of hydrogen-bond acceptors (Lipinski definition) is 5. The molecule has 2 aromatic carbocycles. The maximum atomic E-state index is 12.9. The van der Waals surface area contributed by atoms with Crippen molar-refractivity contribution in [2.75, 3.05) is 25.6 Å². The van der Waals surface area contributed by atoms with Crippen molar-refractivity contribution >= 4 is 23.2 Å². The lowest BCUT2D eigenvalue weighted by molar-refractivity contribution is 0.0853. The molecule has 1 aliphatic rings. The Morgan fingerprint density at radius 2 is 1.88 bits per heavy atom. The molecule has 0 spiro atoms. The van der Waals surface area contributed by atoms with E-state index in [0.29, 0.717) is 22.3 Å². The molecule has 0 aliphatic carbocycles. The predicted octanol–water partition coefficient (Wildman–Crippen LogP) is 5.23. The Hall–Kier alpha value is -2.73. The van der Waals surface area contributed by atoms with Crippen LogP contribution in [-0.2, 0) is 4.74 Å². The summed E-state index contributed by atoms with van der Waals surface area (Å²) in [6.45, 7) is 1.41. The number of aliphatic hydroxyl groups excluding tert-OH is 1. The second-order valence-electron chi connectivity index (χ2n) is 8.20. The maximum absolute atomic E-state index is 12.9. The van der Waals surface area contributed by atoms with E-state index in [4.69, 9.17) is 22.1 Å². The second-order valence-corrected chi connectivity index (χ2v) is 8.61. The van der Waals surface area contributed by atoms with Gasteiger partial charge in [-0.05, 0) is 42.0 Å². The minimum atomic E-state index is -0.252. The fourth-order valence-electron chi connectivity index (χ4n) is 4.22. The zero-order valence-electron chi connectivity index (χ0n) is 17.8. The van der Waals surface area contributed by atoms with E-state index in [-0.39, 0.29) is 24.7 Å². The first-order chi connectivity index (χ1) is 15.6. The monoisotopic (exact) mass is 450 g/mol. The number of nitrogen functional groups attached to an aromatic ring is 1. The Balaban J connectivity index is 1.56. The quantitative estimate of drug-likeness (QED) is 0.481. The summed E-state index contributed by atoms with van der Waals surface area (Å²) in [5, 5.41) is 10.2. The zero-order valence-corrected chi connectivity index (χ0v) is 18.6. The van der Waals surface area contributed by atoms with Crippen LogP contribution in [0.2, 0.25) is 5.02 Å². The van der Waals surface area contributed by atoms with Crippen LogP contribution in [0.4, 0.5) is 5.82 Å². The number of rotatable bonds is 7. The minimum absolute atomic E-state index is 0.0663. The van der Waals surface area contributed by atoms with Crippen molar-refractivity contribution in [2.45, 2.75) is 31.1 Å². The second kappa shape index (κ2) is 10.3. The van der Waals surface area contributed by atoms with Crippen LogP contribution in [0, 0.1) is 0 Å². The number of carbonyl (C=O) groups is 1. The van der Waals surface area contributed by atoms with E-state index in [9.17, 15) is 9.90 Å². The number of benzene rings is 2. The largest absolute Gasteiger partial charge is 0.396 e. The summed E-state index contributed by atoms with van der Waals surface area (Å²) >= 11 is 6.60. The van der Waals surface area contributed by atoms with Gasteiger partial charge in [0, 0.05) is 53.5 Å². The first-order valence-electron chi connectivity index (χ1n) is 10.9. The fraction of sp³-hybridized carbons (Fsp3) is 0.308. The molecule has 0 bridgehead atoms. The van der Waals surface area contributed by atoms with Crippen molar-refractivity contribution in [1.29, 1.82) is 0 Å². The van der Waals surface area contributed by atoms with Crippen molar-refractivity contribution in [3.63, 3.8) is 0 Å². The SMILES string of the molecule is Nc1ncc(C2CCOCC2)cc1-c1ccc(C(=O)C[C@H](CO)c2ccccc2)cc1Cl. The molecule has 3 N–H and O–H groups in total. The molecular formula is C26H27ClN2O3. The van der Waals surface area contributed by atoms with Crippen LogP contribution in [0.5, 0.6) is 0 Å². The highest BCUT2D eigenvalue weighted by molar-refractivity contribution is 6.34. The number of aliphatic hydroxyl groups is 1. The maximum Gasteiger partial charge on any atom is 0.163 e. The Kier molecular flexibility index (Phi) is 7.20. The number of anilines is 1. The standard InChI is InChI=1S/C26H27ClN2O3/c27-24-13-19(25(31)14-21(16-30)17-4-2-1-3-5-17)6-7-22(24)23-12-20(15-29-26(23)28)18-8-10-32-11-9-18/h1-7,12-13,15,18,21,30H,8-11,14,16H2,(H2,28,29)/t21-/m1/s1. The number of nitrogens with zero attached hydrogens (tertiary/aromatic N) is 1. The van der Waals surface area contributed by atoms with Gasteiger partial charge in [-0.3, -0.25) is 4.79 Å². The summed E-state index contributed by atoms with van der Waals surface area (Å²) in [7, 11) is 0.